The van der Waals surface area contributed by atoms with Crippen molar-refractivity contribution in [1.82, 2.24) is 10.6 Å². The van der Waals surface area contributed by atoms with Crippen molar-refractivity contribution in [2.24, 2.45) is 35.5 Å². The van der Waals surface area contributed by atoms with E-state index in [2.05, 4.69) is 73.0 Å². The molecule has 8 atom stereocenters. The Hall–Kier alpha value is -6.82. The summed E-state index contributed by atoms with van der Waals surface area (Å²) in [5.74, 6) is -3.68. The summed E-state index contributed by atoms with van der Waals surface area (Å²) in [5.41, 5.74) is 9.46. The molecule has 2 aliphatic rings. The average molecular weight is 1040 g/mol. The van der Waals surface area contributed by atoms with Crippen molar-refractivity contribution < 1.29 is 48.1 Å². The van der Waals surface area contributed by atoms with E-state index in [1.54, 1.807) is 33.8 Å². The van der Waals surface area contributed by atoms with E-state index in [9.17, 15) is 33.9 Å². The molecule has 0 bridgehead atoms. The smallest absolute Gasteiger partial charge is 0.333 e. The number of ether oxygens (including phenoxy) is 3. The number of carboxylic acid groups (broad SMARTS) is 1. The lowest BCUT2D eigenvalue weighted by atomic mass is 9.87. The number of esters is 3. The van der Waals surface area contributed by atoms with Crippen LogP contribution in [0.15, 0.2) is 120 Å². The van der Waals surface area contributed by atoms with E-state index in [1.165, 1.54) is 22.3 Å². The van der Waals surface area contributed by atoms with E-state index < -0.39 is 35.3 Å². The van der Waals surface area contributed by atoms with Crippen molar-refractivity contribution in [1.29, 1.82) is 0 Å². The molecule has 0 unspecified atom stereocenters. The maximum Gasteiger partial charge on any atom is 0.333 e. The molecule has 0 radical (unpaired) electrons. The molecule has 4 aromatic rings. The van der Waals surface area contributed by atoms with Crippen LogP contribution in [0.25, 0.3) is 22.3 Å². The van der Waals surface area contributed by atoms with Gasteiger partial charge in [-0.2, -0.15) is 0 Å². The van der Waals surface area contributed by atoms with Crippen LogP contribution in [-0.2, 0) is 43.0 Å². The summed E-state index contributed by atoms with van der Waals surface area (Å²) < 4.78 is 16.9. The zero-order valence-electron chi connectivity index (χ0n) is 47.0. The van der Waals surface area contributed by atoms with E-state index in [4.69, 9.17) is 14.2 Å². The fourth-order valence-corrected chi connectivity index (χ4v) is 10.2. The van der Waals surface area contributed by atoms with Gasteiger partial charge < -0.3 is 30.0 Å². The lowest BCUT2D eigenvalue weighted by Crippen LogP contribution is -2.45. The van der Waals surface area contributed by atoms with Gasteiger partial charge in [0.2, 0.25) is 11.8 Å². The number of rotatable bonds is 22. The zero-order valence-corrected chi connectivity index (χ0v) is 47.0. The highest BCUT2D eigenvalue weighted by molar-refractivity contribution is 5.89. The minimum absolute atomic E-state index is 0.00374. The minimum Gasteiger partial charge on any atom is -0.478 e. The van der Waals surface area contributed by atoms with Crippen LogP contribution >= 0.6 is 0 Å². The normalized spacial score (nSPS) is 16.3. The number of benzene rings is 4. The first kappa shape index (κ1) is 60.0. The first-order valence-electron chi connectivity index (χ1n) is 27.1. The topological polar surface area (TPSA) is 174 Å². The second kappa shape index (κ2) is 27.3. The molecule has 6 rings (SSSR count). The molecular weight excluding hydrogens is 957 g/mol. The third-order valence-corrected chi connectivity index (χ3v) is 14.9. The number of aliphatic carboxylic acids is 1. The van der Waals surface area contributed by atoms with Crippen molar-refractivity contribution in [3.63, 3.8) is 0 Å². The molecule has 0 aromatic heterocycles. The lowest BCUT2D eigenvalue weighted by molar-refractivity contribution is -0.150. The maximum atomic E-state index is 13.2. The van der Waals surface area contributed by atoms with Gasteiger partial charge in [-0.05, 0) is 103 Å². The van der Waals surface area contributed by atoms with Crippen molar-refractivity contribution >= 4 is 35.7 Å². The molecule has 0 saturated heterocycles. The van der Waals surface area contributed by atoms with E-state index in [0.717, 1.165) is 35.1 Å². The first-order chi connectivity index (χ1) is 36.0. The molecule has 0 spiro atoms. The summed E-state index contributed by atoms with van der Waals surface area (Å²) in [5, 5.41) is 15.4. The zero-order chi connectivity index (χ0) is 56.0. The van der Waals surface area contributed by atoms with Gasteiger partial charge in [0, 0.05) is 46.9 Å². The molecule has 408 valence electrons. The standard InChI is InChI=1S/C34H45NO5.C30H37NO5/c1-9-21(2)31(22(3)18-24(5)33(38)40-34(6,7)8)35-32(37)23(4)19-30(36)39-20-29-27-16-12-10-14-25(27)26-15-11-13-17-28(26)29;1-6-18(2)28(19(3)15-21(5)30(34)35)31-29(33)20(4)16-27(32)36-17-26-24-13-9-7-11-22(24)23-12-8-10-14-25(23)26/h10-18,21-23,29,31H,9,19-20H2,1-8H3,(H,35,37);7-15,18-20,26,28H,6,16-17H2,1-5H3,(H,31,33)(H,34,35)/b24-18+;21-15+/t21-,22-,23-,31+;18-,19-,20-,28+/m00/s1. The van der Waals surface area contributed by atoms with Gasteiger partial charge in [0.1, 0.15) is 18.8 Å². The largest absolute Gasteiger partial charge is 0.478 e. The fraction of sp³-hybridized carbons (Fsp3) is 0.469. The van der Waals surface area contributed by atoms with Gasteiger partial charge in [0.05, 0.1) is 12.8 Å². The quantitative estimate of drug-likeness (QED) is 0.0390. The van der Waals surface area contributed by atoms with Crippen LogP contribution in [0.4, 0.5) is 0 Å². The second-order valence-electron chi connectivity index (χ2n) is 22.1. The Kier molecular flexibility index (Phi) is 21.6. The van der Waals surface area contributed by atoms with E-state index in [1.807, 2.05) is 103 Å². The van der Waals surface area contributed by atoms with Gasteiger partial charge in [-0.3, -0.25) is 19.2 Å². The Balaban J connectivity index is 0.000000282. The van der Waals surface area contributed by atoms with Crippen LogP contribution in [0.1, 0.15) is 150 Å². The molecule has 0 saturated carbocycles. The summed E-state index contributed by atoms with van der Waals surface area (Å²) in [6.45, 7) is 24.8. The fourth-order valence-electron chi connectivity index (χ4n) is 10.2. The Morgan fingerprint density at radius 3 is 1.16 bits per heavy atom. The van der Waals surface area contributed by atoms with E-state index >= 15 is 0 Å². The van der Waals surface area contributed by atoms with Gasteiger partial charge in [0.25, 0.3) is 0 Å². The van der Waals surface area contributed by atoms with Gasteiger partial charge in [0.15, 0.2) is 0 Å². The third-order valence-electron chi connectivity index (χ3n) is 14.9. The summed E-state index contributed by atoms with van der Waals surface area (Å²) in [4.78, 5) is 75.4. The number of carbonyl (C=O) groups is 6. The van der Waals surface area contributed by atoms with Crippen LogP contribution in [0.3, 0.4) is 0 Å². The highest BCUT2D eigenvalue weighted by atomic mass is 16.6. The second-order valence-corrected chi connectivity index (χ2v) is 22.1. The monoisotopic (exact) mass is 1040 g/mol. The van der Waals surface area contributed by atoms with Crippen molar-refractivity contribution in [3.05, 3.63) is 143 Å². The summed E-state index contributed by atoms with van der Waals surface area (Å²) in [6, 6.07) is 32.3. The van der Waals surface area contributed by atoms with Crippen molar-refractivity contribution in [2.75, 3.05) is 13.2 Å². The Morgan fingerprint density at radius 1 is 0.539 bits per heavy atom. The Morgan fingerprint density at radius 2 is 0.855 bits per heavy atom. The highest BCUT2D eigenvalue weighted by Gasteiger charge is 2.33. The number of fused-ring (bicyclic) bond motifs is 6. The van der Waals surface area contributed by atoms with Gasteiger partial charge in [-0.15, -0.1) is 0 Å². The van der Waals surface area contributed by atoms with Crippen LogP contribution in [-0.4, -0.2) is 71.7 Å². The van der Waals surface area contributed by atoms with Gasteiger partial charge >= 0.3 is 23.9 Å². The number of carboxylic acids is 1. The number of nitrogens with one attached hydrogen (secondary N) is 2. The molecule has 12 nitrogen and oxygen atoms in total. The minimum atomic E-state index is -0.972. The predicted molar refractivity (Wildman–Crippen MR) is 299 cm³/mol. The van der Waals surface area contributed by atoms with Gasteiger partial charge in [-0.1, -0.05) is 177 Å². The predicted octanol–water partition coefficient (Wildman–Crippen LogP) is 12.4. The highest BCUT2D eigenvalue weighted by Crippen LogP contribution is 2.46. The van der Waals surface area contributed by atoms with E-state index in [0.29, 0.717) is 5.57 Å². The number of carbonyl (C=O) groups excluding carboxylic acids is 5. The Bertz CT molecular complexity index is 2660. The average Bonchev–Trinajstić information content (AvgIpc) is 3.89. The SMILES string of the molecule is CC[C@H](C)[C@@H](NC(=O)[C@@H](C)CC(=O)OCC1c2ccccc2-c2ccccc21)[C@@H](C)/C=C(\C)C(=O)O.CC[C@H](C)[C@@H](NC(=O)[C@@H](C)CC(=O)OCC1c2ccccc2-c2ccccc21)[C@@H](C)/C=C(\C)C(=O)OC(C)(C)C. The molecule has 2 aliphatic carbocycles. The maximum absolute atomic E-state index is 13.2. The molecule has 0 fully saturated rings. The molecule has 0 heterocycles. The molecule has 4 aromatic carbocycles. The van der Waals surface area contributed by atoms with Crippen molar-refractivity contribution in [3.8, 4) is 22.3 Å². The number of amides is 2. The van der Waals surface area contributed by atoms with E-state index in [-0.39, 0.29) is 97.0 Å². The summed E-state index contributed by atoms with van der Waals surface area (Å²) in [6.07, 6.45) is 5.20. The molecule has 2 amide bonds. The van der Waals surface area contributed by atoms with Crippen LogP contribution in [0.5, 0.6) is 0 Å². The third kappa shape index (κ3) is 15.9. The first-order valence-corrected chi connectivity index (χ1v) is 27.1. The van der Waals surface area contributed by atoms with Crippen LogP contribution < -0.4 is 10.6 Å². The van der Waals surface area contributed by atoms with Crippen LogP contribution in [0, 0.1) is 35.5 Å². The van der Waals surface area contributed by atoms with Gasteiger partial charge in [-0.25, -0.2) is 9.59 Å². The van der Waals surface area contributed by atoms with Crippen molar-refractivity contribution in [2.45, 2.75) is 145 Å². The molecule has 12 heteroatoms. The molecule has 76 heavy (non-hydrogen) atoms. The number of hydrogen-bond donors (Lipinski definition) is 3. The Labute approximate surface area is 451 Å². The summed E-state index contributed by atoms with van der Waals surface area (Å²) in [7, 11) is 0. The molecule has 0 aliphatic heterocycles. The summed E-state index contributed by atoms with van der Waals surface area (Å²) >= 11 is 0. The van der Waals surface area contributed by atoms with Crippen LogP contribution in [0.2, 0.25) is 0 Å². The molecule has 3 N–H and O–H groups in total. The molecular formula is C64H82N2O10. The number of hydrogen-bond acceptors (Lipinski definition) is 9. The lowest BCUT2D eigenvalue weighted by Gasteiger charge is -2.30.